The van der Waals surface area contributed by atoms with Gasteiger partial charge in [-0.2, -0.15) is 0 Å². The molecular weight excluding hydrogens is 262 g/mol. The van der Waals surface area contributed by atoms with Gasteiger partial charge in [0.1, 0.15) is 6.61 Å². The van der Waals surface area contributed by atoms with Crippen molar-refractivity contribution >= 4 is 5.97 Å². The predicted molar refractivity (Wildman–Crippen MR) is 83.2 cm³/mol. The molecule has 3 atom stereocenters. The molecule has 114 valence electrons. The van der Waals surface area contributed by atoms with Crippen LogP contribution in [0.2, 0.25) is 0 Å². The number of esters is 1. The second-order valence-electron chi connectivity index (χ2n) is 6.83. The lowest BCUT2D eigenvalue weighted by atomic mass is 9.64. The van der Waals surface area contributed by atoms with Crippen LogP contribution in [0.5, 0.6) is 0 Å². The van der Waals surface area contributed by atoms with E-state index in [2.05, 4.69) is 36.5 Å². The highest BCUT2D eigenvalue weighted by Crippen LogP contribution is 2.48. The van der Waals surface area contributed by atoms with Gasteiger partial charge in [0.05, 0.1) is 0 Å². The van der Waals surface area contributed by atoms with Gasteiger partial charge < -0.3 is 10.1 Å². The molecule has 0 amide bonds. The fraction of sp³-hybridized carbons (Fsp3) is 0.611. The molecule has 2 aliphatic heterocycles. The van der Waals surface area contributed by atoms with Gasteiger partial charge in [-0.1, -0.05) is 43.7 Å². The van der Waals surface area contributed by atoms with Crippen molar-refractivity contribution < 1.29 is 9.53 Å². The summed E-state index contributed by atoms with van der Waals surface area (Å²) in [5, 5.41) is 3.88. The van der Waals surface area contributed by atoms with E-state index in [9.17, 15) is 4.79 Å². The first kappa shape index (κ1) is 14.6. The molecule has 0 radical (unpaired) electrons. The smallest absolute Gasteiger partial charge is 0.302 e. The lowest BCUT2D eigenvalue weighted by Crippen LogP contribution is -2.61. The van der Waals surface area contributed by atoms with E-state index in [1.54, 1.807) is 0 Å². The Morgan fingerprint density at radius 2 is 2.10 bits per heavy atom. The fourth-order valence-electron chi connectivity index (χ4n) is 4.28. The number of benzene rings is 1. The van der Waals surface area contributed by atoms with E-state index >= 15 is 0 Å². The molecule has 21 heavy (non-hydrogen) atoms. The van der Waals surface area contributed by atoms with Crippen molar-refractivity contribution in [2.24, 2.45) is 0 Å². The zero-order chi connectivity index (χ0) is 14.9. The van der Waals surface area contributed by atoms with Crippen LogP contribution in [0, 0.1) is 0 Å². The molecule has 2 aliphatic rings. The van der Waals surface area contributed by atoms with Gasteiger partial charge in [0.2, 0.25) is 0 Å². The largest absolute Gasteiger partial charge is 0.465 e. The molecule has 2 heterocycles. The molecule has 3 heteroatoms. The Kier molecular flexibility index (Phi) is 3.78. The number of carbonyl (C=O) groups is 1. The second kappa shape index (κ2) is 5.45. The van der Waals surface area contributed by atoms with Crippen molar-refractivity contribution in [1.82, 2.24) is 5.32 Å². The number of carbonyl (C=O) groups excluding carboxylic acids is 1. The third-order valence-electron chi connectivity index (χ3n) is 5.59. The van der Waals surface area contributed by atoms with Crippen molar-refractivity contribution in [2.45, 2.75) is 62.9 Å². The zero-order valence-corrected chi connectivity index (χ0v) is 13.0. The molecule has 2 saturated heterocycles. The van der Waals surface area contributed by atoms with E-state index in [1.165, 1.54) is 38.2 Å². The lowest BCUT2D eigenvalue weighted by molar-refractivity contribution is -0.144. The summed E-state index contributed by atoms with van der Waals surface area (Å²) in [5.41, 5.74) is 1.16. The number of piperidine rings is 1. The summed E-state index contributed by atoms with van der Waals surface area (Å²) < 4.78 is 5.48. The summed E-state index contributed by atoms with van der Waals surface area (Å²) in [4.78, 5) is 11.4. The van der Waals surface area contributed by atoms with Crippen LogP contribution in [-0.4, -0.2) is 24.2 Å². The number of hydrogen-bond acceptors (Lipinski definition) is 3. The summed E-state index contributed by atoms with van der Waals surface area (Å²) in [6.45, 7) is 4.20. The van der Waals surface area contributed by atoms with Crippen molar-refractivity contribution in [3.05, 3.63) is 35.9 Å². The van der Waals surface area contributed by atoms with Gasteiger partial charge in [0.25, 0.3) is 0 Å². The highest BCUT2D eigenvalue weighted by atomic mass is 16.5. The normalized spacial score (nSPS) is 30.7. The van der Waals surface area contributed by atoms with Gasteiger partial charge in [-0.05, 0) is 31.2 Å². The van der Waals surface area contributed by atoms with E-state index in [4.69, 9.17) is 4.74 Å². The Morgan fingerprint density at radius 3 is 2.81 bits per heavy atom. The van der Waals surface area contributed by atoms with Gasteiger partial charge in [-0.25, -0.2) is 0 Å². The van der Waals surface area contributed by atoms with Crippen LogP contribution >= 0.6 is 0 Å². The van der Waals surface area contributed by atoms with Crippen LogP contribution in [0.1, 0.15) is 51.5 Å². The second-order valence-corrected chi connectivity index (χ2v) is 6.83. The molecule has 0 aliphatic carbocycles. The minimum Gasteiger partial charge on any atom is -0.465 e. The van der Waals surface area contributed by atoms with Crippen LogP contribution in [-0.2, 0) is 14.9 Å². The van der Waals surface area contributed by atoms with Crippen LogP contribution in [0.25, 0.3) is 0 Å². The molecule has 0 saturated carbocycles. The van der Waals surface area contributed by atoms with Gasteiger partial charge in [0, 0.05) is 23.9 Å². The van der Waals surface area contributed by atoms with Crippen LogP contribution in [0.15, 0.2) is 30.3 Å². The molecule has 0 spiro atoms. The average Bonchev–Trinajstić information content (AvgIpc) is 2.81. The van der Waals surface area contributed by atoms with Crippen LogP contribution < -0.4 is 5.32 Å². The summed E-state index contributed by atoms with van der Waals surface area (Å²) >= 11 is 0. The highest BCUT2D eigenvalue weighted by molar-refractivity contribution is 5.66. The minimum atomic E-state index is -0.195. The van der Waals surface area contributed by atoms with Crippen LogP contribution in [0.3, 0.4) is 0 Å². The molecule has 3 nitrogen and oxygen atoms in total. The maximum atomic E-state index is 11.4. The molecule has 1 aromatic rings. The highest BCUT2D eigenvalue weighted by Gasteiger charge is 2.54. The Bertz CT molecular complexity index is 511. The average molecular weight is 287 g/mol. The van der Waals surface area contributed by atoms with Crippen molar-refractivity contribution in [3.8, 4) is 0 Å². The maximum absolute atomic E-state index is 11.4. The number of hydrogen-bond donors (Lipinski definition) is 1. The Morgan fingerprint density at radius 1 is 1.33 bits per heavy atom. The Labute approximate surface area is 127 Å². The van der Waals surface area contributed by atoms with Gasteiger partial charge in [-0.15, -0.1) is 0 Å². The number of ether oxygens (including phenoxy) is 1. The number of fused-ring (bicyclic) bond motifs is 2. The molecule has 0 aromatic heterocycles. The molecule has 1 aromatic carbocycles. The fourth-order valence-corrected chi connectivity index (χ4v) is 4.28. The third kappa shape index (κ3) is 2.48. The maximum Gasteiger partial charge on any atom is 0.302 e. The molecule has 1 N–H and O–H groups in total. The van der Waals surface area contributed by atoms with E-state index in [1.807, 2.05) is 6.07 Å². The predicted octanol–water partition coefficient (Wildman–Crippen LogP) is 3.18. The number of rotatable bonds is 4. The minimum absolute atomic E-state index is 0.0622. The van der Waals surface area contributed by atoms with E-state index < -0.39 is 0 Å². The zero-order valence-electron chi connectivity index (χ0n) is 13.0. The molecule has 2 bridgehead atoms. The summed E-state index contributed by atoms with van der Waals surface area (Å²) in [6, 6.07) is 11.2. The van der Waals surface area contributed by atoms with Gasteiger partial charge in [0.15, 0.2) is 0 Å². The molecular formula is C18H25NO2. The topological polar surface area (TPSA) is 38.3 Å². The van der Waals surface area contributed by atoms with E-state index in [0.717, 1.165) is 6.42 Å². The van der Waals surface area contributed by atoms with E-state index in [0.29, 0.717) is 12.6 Å². The molecule has 2 fully saturated rings. The lowest BCUT2D eigenvalue weighted by Gasteiger charge is -2.49. The quantitative estimate of drug-likeness (QED) is 0.864. The van der Waals surface area contributed by atoms with Gasteiger partial charge in [-0.3, -0.25) is 4.79 Å². The first-order chi connectivity index (χ1) is 10.1. The summed E-state index contributed by atoms with van der Waals surface area (Å²) in [5.74, 6) is -0.195. The van der Waals surface area contributed by atoms with Crippen LogP contribution in [0.4, 0.5) is 0 Å². The Hall–Kier alpha value is -1.35. The van der Waals surface area contributed by atoms with Crippen molar-refractivity contribution in [3.63, 3.8) is 0 Å². The first-order valence-corrected chi connectivity index (χ1v) is 8.02. The molecule has 3 rings (SSSR count). The van der Waals surface area contributed by atoms with Gasteiger partial charge >= 0.3 is 5.97 Å². The van der Waals surface area contributed by atoms with Crippen molar-refractivity contribution in [1.29, 1.82) is 0 Å². The summed E-state index contributed by atoms with van der Waals surface area (Å²) in [7, 11) is 0. The monoisotopic (exact) mass is 287 g/mol. The standard InChI is InChI=1S/C18H25NO2/c1-14(20)21-13-17(2,15-7-4-3-5-8-15)18-11-6-9-16(19-18)10-12-18/h3-5,7-8,16,19H,6,9-13H2,1-2H3. The Balaban J connectivity index is 1.97. The van der Waals surface area contributed by atoms with Crippen molar-refractivity contribution in [2.75, 3.05) is 6.61 Å². The SMILES string of the molecule is CC(=O)OCC(C)(c1ccccc1)C12CCCC(CC1)N2. The molecule has 3 unspecified atom stereocenters. The summed E-state index contributed by atoms with van der Waals surface area (Å²) in [6.07, 6.45) is 6.11. The van der Waals surface area contributed by atoms with E-state index in [-0.39, 0.29) is 16.9 Å². The third-order valence-corrected chi connectivity index (χ3v) is 5.59. The number of nitrogens with one attached hydrogen (secondary N) is 1. The first-order valence-electron chi connectivity index (χ1n) is 8.02.